The highest BCUT2D eigenvalue weighted by molar-refractivity contribution is 14.0. The Hall–Kier alpha value is -1.36. The van der Waals surface area contributed by atoms with Crippen molar-refractivity contribution in [3.05, 3.63) is 51.5 Å². The number of halogens is 4. The molecule has 0 saturated carbocycles. The molecule has 0 aliphatic rings. The fourth-order valence-electron chi connectivity index (χ4n) is 2.31. The number of hydrogen-bond donors (Lipinski definition) is 2. The van der Waals surface area contributed by atoms with E-state index in [4.69, 9.17) is 0 Å². The molecule has 2 rings (SSSR count). The van der Waals surface area contributed by atoms with Crippen molar-refractivity contribution in [2.45, 2.75) is 45.5 Å². The van der Waals surface area contributed by atoms with Crippen LogP contribution in [0.5, 0.6) is 0 Å². The van der Waals surface area contributed by atoms with Gasteiger partial charge in [0.15, 0.2) is 5.96 Å². The van der Waals surface area contributed by atoms with E-state index in [2.05, 4.69) is 34.5 Å². The number of hydrogen-bond acceptors (Lipinski definition) is 3. The summed E-state index contributed by atoms with van der Waals surface area (Å²) in [7, 11) is 1.62. The van der Waals surface area contributed by atoms with Crippen LogP contribution in [0.1, 0.15) is 54.6 Å². The van der Waals surface area contributed by atoms with Crippen LogP contribution >= 0.6 is 35.3 Å². The van der Waals surface area contributed by atoms with Crippen LogP contribution in [0.15, 0.2) is 34.6 Å². The quantitative estimate of drug-likeness (QED) is 0.324. The average Bonchev–Trinajstić information content (AvgIpc) is 3.07. The summed E-state index contributed by atoms with van der Waals surface area (Å²) in [6.07, 6.45) is -4.35. The zero-order valence-electron chi connectivity index (χ0n) is 15.6. The number of benzene rings is 1. The predicted octanol–water partition coefficient (Wildman–Crippen LogP) is 5.33. The van der Waals surface area contributed by atoms with Crippen LogP contribution in [0.3, 0.4) is 0 Å². The minimum absolute atomic E-state index is 0. The topological polar surface area (TPSA) is 49.3 Å². The van der Waals surface area contributed by atoms with Crippen molar-refractivity contribution in [3.8, 4) is 0 Å². The van der Waals surface area contributed by atoms with E-state index in [9.17, 15) is 13.2 Å². The lowest BCUT2D eigenvalue weighted by molar-refractivity contribution is -0.137. The number of rotatable bonds is 5. The van der Waals surface area contributed by atoms with Crippen LogP contribution in [0.4, 0.5) is 13.2 Å². The highest BCUT2D eigenvalue weighted by Crippen LogP contribution is 2.30. The van der Waals surface area contributed by atoms with Gasteiger partial charge < -0.3 is 10.6 Å². The smallest absolute Gasteiger partial charge is 0.351 e. The van der Waals surface area contributed by atoms with E-state index in [1.807, 2.05) is 5.38 Å². The van der Waals surface area contributed by atoms with Gasteiger partial charge in [-0.3, -0.25) is 4.99 Å². The molecule has 0 saturated heterocycles. The van der Waals surface area contributed by atoms with E-state index in [-0.39, 0.29) is 30.0 Å². The van der Waals surface area contributed by atoms with Crippen LogP contribution in [0.25, 0.3) is 0 Å². The Morgan fingerprint density at radius 2 is 1.96 bits per heavy atom. The van der Waals surface area contributed by atoms with Gasteiger partial charge in [-0.15, -0.1) is 35.3 Å². The molecule has 0 aliphatic heterocycles. The van der Waals surface area contributed by atoms with Gasteiger partial charge in [-0.25, -0.2) is 4.98 Å². The molecule has 0 aliphatic carbocycles. The van der Waals surface area contributed by atoms with E-state index >= 15 is 0 Å². The number of nitrogens with zero attached hydrogens (tertiary/aromatic N) is 2. The first-order valence-corrected chi connectivity index (χ1v) is 9.17. The van der Waals surface area contributed by atoms with E-state index in [0.29, 0.717) is 24.0 Å². The second kappa shape index (κ2) is 10.3. The maximum absolute atomic E-state index is 12.9. The molecule has 0 fully saturated rings. The summed E-state index contributed by atoms with van der Waals surface area (Å²) in [5.74, 6) is 0.890. The molecule has 0 radical (unpaired) electrons. The fraction of sp³-hybridized carbons (Fsp3) is 0.444. The average molecular weight is 512 g/mol. The molecule has 1 aromatic heterocycles. The molecule has 1 atom stereocenters. The van der Waals surface area contributed by atoms with Crippen LogP contribution < -0.4 is 10.6 Å². The maximum Gasteiger partial charge on any atom is 0.416 e. The van der Waals surface area contributed by atoms with Gasteiger partial charge in [0, 0.05) is 18.3 Å². The van der Waals surface area contributed by atoms with Gasteiger partial charge in [-0.1, -0.05) is 26.0 Å². The van der Waals surface area contributed by atoms with E-state index in [1.54, 1.807) is 31.4 Å². The summed E-state index contributed by atoms with van der Waals surface area (Å²) in [4.78, 5) is 8.67. The van der Waals surface area contributed by atoms with E-state index in [0.717, 1.165) is 22.8 Å². The van der Waals surface area contributed by atoms with Crippen LogP contribution in [-0.4, -0.2) is 18.0 Å². The summed E-state index contributed by atoms with van der Waals surface area (Å²) in [6.45, 7) is 6.47. The fourth-order valence-corrected chi connectivity index (χ4v) is 3.15. The van der Waals surface area contributed by atoms with Crippen LogP contribution in [-0.2, 0) is 12.7 Å². The Balaban J connectivity index is 0.00000364. The summed E-state index contributed by atoms with van der Waals surface area (Å²) in [5.41, 5.74) is 0.794. The lowest BCUT2D eigenvalue weighted by atomic mass is 10.1. The van der Waals surface area contributed by atoms with Crippen molar-refractivity contribution in [1.29, 1.82) is 0 Å². The molecular formula is C18H24F3IN4S. The SMILES string of the molecule is CN=C(NCc1csc(C(C)C)n1)NC(C)c1cccc(C(F)(F)F)c1.I. The van der Waals surface area contributed by atoms with Gasteiger partial charge in [-0.2, -0.15) is 13.2 Å². The molecule has 0 bridgehead atoms. The third-order valence-corrected chi connectivity index (χ3v) is 4.99. The number of aliphatic imine (C=N–C) groups is 1. The second-order valence-electron chi connectivity index (χ2n) is 6.25. The molecule has 9 heteroatoms. The number of nitrogens with one attached hydrogen (secondary N) is 2. The molecule has 27 heavy (non-hydrogen) atoms. The predicted molar refractivity (Wildman–Crippen MR) is 115 cm³/mol. The molecule has 0 amide bonds. The minimum atomic E-state index is -4.35. The van der Waals surface area contributed by atoms with Crippen molar-refractivity contribution in [2.75, 3.05) is 7.05 Å². The molecule has 2 N–H and O–H groups in total. The third kappa shape index (κ3) is 6.95. The molecule has 1 heterocycles. The van der Waals surface area contributed by atoms with E-state index < -0.39 is 11.7 Å². The number of alkyl halides is 3. The molecule has 2 aromatic rings. The first kappa shape index (κ1) is 23.7. The Kier molecular flexibility index (Phi) is 9.00. The Labute approximate surface area is 178 Å². The van der Waals surface area contributed by atoms with Crippen molar-refractivity contribution >= 4 is 41.3 Å². The second-order valence-corrected chi connectivity index (χ2v) is 7.14. The summed E-state index contributed by atoms with van der Waals surface area (Å²) in [5, 5.41) is 9.32. The molecule has 1 aromatic carbocycles. The van der Waals surface area contributed by atoms with Gasteiger partial charge in [-0.05, 0) is 24.6 Å². The Bertz CT molecular complexity index is 759. The Morgan fingerprint density at radius 3 is 2.52 bits per heavy atom. The normalized spacial score (nSPS) is 13.3. The highest BCUT2D eigenvalue weighted by Gasteiger charge is 2.30. The van der Waals surface area contributed by atoms with Gasteiger partial charge in [0.1, 0.15) is 0 Å². The van der Waals surface area contributed by atoms with Gasteiger partial charge >= 0.3 is 6.18 Å². The maximum atomic E-state index is 12.9. The minimum Gasteiger partial charge on any atom is -0.351 e. The monoisotopic (exact) mass is 512 g/mol. The third-order valence-electron chi connectivity index (χ3n) is 3.79. The van der Waals surface area contributed by atoms with Crippen molar-refractivity contribution in [1.82, 2.24) is 15.6 Å². The molecule has 4 nitrogen and oxygen atoms in total. The van der Waals surface area contributed by atoms with Gasteiger partial charge in [0.2, 0.25) is 0 Å². The first-order chi connectivity index (χ1) is 12.2. The zero-order valence-corrected chi connectivity index (χ0v) is 18.7. The summed E-state index contributed by atoms with van der Waals surface area (Å²) in [6, 6.07) is 4.97. The number of thiazole rings is 1. The van der Waals surface area contributed by atoms with Gasteiger partial charge in [0.05, 0.1) is 28.9 Å². The molecule has 1 unspecified atom stereocenters. The van der Waals surface area contributed by atoms with E-state index in [1.165, 1.54) is 6.07 Å². The van der Waals surface area contributed by atoms with Crippen LogP contribution in [0, 0.1) is 0 Å². The molecule has 0 spiro atoms. The lowest BCUT2D eigenvalue weighted by Crippen LogP contribution is -2.38. The molecule has 150 valence electrons. The zero-order chi connectivity index (χ0) is 19.3. The highest BCUT2D eigenvalue weighted by atomic mass is 127. The lowest BCUT2D eigenvalue weighted by Gasteiger charge is -2.19. The van der Waals surface area contributed by atoms with Crippen molar-refractivity contribution in [3.63, 3.8) is 0 Å². The van der Waals surface area contributed by atoms with Crippen molar-refractivity contribution < 1.29 is 13.2 Å². The largest absolute Gasteiger partial charge is 0.416 e. The number of aromatic nitrogens is 1. The molecular weight excluding hydrogens is 488 g/mol. The van der Waals surface area contributed by atoms with Crippen molar-refractivity contribution in [2.24, 2.45) is 4.99 Å². The standard InChI is InChI=1S/C18H23F3N4S.HI/c1-11(2)16-25-15(10-26-16)9-23-17(22-4)24-12(3)13-6-5-7-14(8-13)18(19,20)21;/h5-8,10-12H,9H2,1-4H3,(H2,22,23,24);1H. The van der Waals surface area contributed by atoms with Crippen LogP contribution in [0.2, 0.25) is 0 Å². The summed E-state index contributed by atoms with van der Waals surface area (Å²) < 4.78 is 38.6. The Morgan fingerprint density at radius 1 is 1.26 bits per heavy atom. The van der Waals surface area contributed by atoms with Gasteiger partial charge in [0.25, 0.3) is 0 Å². The summed E-state index contributed by atoms with van der Waals surface area (Å²) >= 11 is 1.61. The number of guanidine groups is 1. The first-order valence-electron chi connectivity index (χ1n) is 8.29.